The molecule has 1 N–H and O–H groups in total. The predicted molar refractivity (Wildman–Crippen MR) is 129 cm³/mol. The second-order valence-corrected chi connectivity index (χ2v) is 8.44. The normalized spacial score (nSPS) is 11.5. The van der Waals surface area contributed by atoms with Crippen molar-refractivity contribution in [3.8, 4) is 17.2 Å². The molecule has 0 saturated heterocycles. The van der Waals surface area contributed by atoms with E-state index in [1.807, 2.05) is 6.92 Å². The van der Waals surface area contributed by atoms with Gasteiger partial charge >= 0.3 is 6.36 Å². The maximum atomic E-state index is 14.8. The molecule has 3 aromatic carbocycles. The maximum absolute atomic E-state index is 14.8. The summed E-state index contributed by atoms with van der Waals surface area (Å²) >= 11 is 5.87. The van der Waals surface area contributed by atoms with Gasteiger partial charge in [-0.25, -0.2) is 9.07 Å². The zero-order valence-electron chi connectivity index (χ0n) is 19.5. The molecule has 0 radical (unpaired) electrons. The van der Waals surface area contributed by atoms with Crippen LogP contribution in [-0.2, 0) is 0 Å². The van der Waals surface area contributed by atoms with E-state index in [9.17, 15) is 27.2 Å². The molecule has 192 valence electrons. The number of alkyl halides is 3. The van der Waals surface area contributed by atoms with Crippen LogP contribution < -0.4 is 20.2 Å². The Labute approximate surface area is 212 Å². The van der Waals surface area contributed by atoms with Crippen LogP contribution in [0.1, 0.15) is 21.6 Å². The highest BCUT2D eigenvalue weighted by Crippen LogP contribution is 2.34. The average molecular weight is 536 g/mol. The number of hydrogen-bond donors (Lipinski definition) is 1. The molecule has 0 saturated carbocycles. The summed E-state index contributed by atoms with van der Waals surface area (Å²) < 4.78 is 62.6. The molecule has 0 unspecified atom stereocenters. The number of nitrogens with zero attached hydrogens (tertiary/aromatic N) is 2. The lowest BCUT2D eigenvalue weighted by molar-refractivity contribution is -0.275. The minimum atomic E-state index is -4.95. The molecule has 0 fully saturated rings. The Morgan fingerprint density at radius 1 is 1.03 bits per heavy atom. The van der Waals surface area contributed by atoms with Crippen molar-refractivity contribution >= 4 is 34.1 Å². The molecule has 0 atom stereocenters. The van der Waals surface area contributed by atoms with Gasteiger partial charge in [-0.3, -0.25) is 9.59 Å². The number of benzene rings is 3. The maximum Gasteiger partial charge on any atom is 0.573 e. The fraction of sp³-hybridized carbons (Fsp3) is 0.160. The lowest BCUT2D eigenvalue weighted by Crippen LogP contribution is -2.27. The number of halogens is 5. The average Bonchev–Trinajstić information content (AvgIpc) is 2.81. The van der Waals surface area contributed by atoms with Gasteiger partial charge in [-0.1, -0.05) is 11.6 Å². The van der Waals surface area contributed by atoms with E-state index >= 15 is 0 Å². The summed E-state index contributed by atoms with van der Waals surface area (Å²) in [6.07, 6.45) is -4.95. The van der Waals surface area contributed by atoms with Crippen LogP contribution in [0, 0.1) is 19.7 Å². The van der Waals surface area contributed by atoms with Crippen molar-refractivity contribution in [1.29, 1.82) is 0 Å². The van der Waals surface area contributed by atoms with Gasteiger partial charge in [0, 0.05) is 16.8 Å². The SMILES string of the molecule is COc1cc(NC(=O)c2nn(-c3ccc(Cl)cc3F)c3cc(C)c(C)cc3c2=O)ccc1OC(F)(F)F. The Bertz CT molecular complexity index is 1600. The number of amides is 1. The van der Waals surface area contributed by atoms with E-state index < -0.39 is 35.0 Å². The van der Waals surface area contributed by atoms with E-state index in [2.05, 4.69) is 15.2 Å². The Hall–Kier alpha value is -4.12. The molecule has 1 aromatic heterocycles. The number of methoxy groups -OCH3 is 1. The highest BCUT2D eigenvalue weighted by atomic mass is 35.5. The van der Waals surface area contributed by atoms with Crippen molar-refractivity contribution in [2.45, 2.75) is 20.2 Å². The lowest BCUT2D eigenvalue weighted by atomic mass is 10.1. The first-order valence-corrected chi connectivity index (χ1v) is 11.0. The molecule has 0 aliphatic heterocycles. The van der Waals surface area contributed by atoms with E-state index in [1.54, 1.807) is 19.1 Å². The van der Waals surface area contributed by atoms with Crippen molar-refractivity contribution in [2.24, 2.45) is 0 Å². The monoisotopic (exact) mass is 535 g/mol. The van der Waals surface area contributed by atoms with Crippen molar-refractivity contribution < 1.29 is 31.8 Å². The first kappa shape index (κ1) is 26.0. The van der Waals surface area contributed by atoms with Gasteiger partial charge in [-0.05, 0) is 67.4 Å². The van der Waals surface area contributed by atoms with Crippen LogP contribution in [0.15, 0.2) is 53.3 Å². The topological polar surface area (TPSA) is 82.5 Å². The second-order valence-electron chi connectivity index (χ2n) is 8.01. The zero-order valence-corrected chi connectivity index (χ0v) is 20.3. The van der Waals surface area contributed by atoms with Crippen molar-refractivity contribution in [3.63, 3.8) is 0 Å². The van der Waals surface area contributed by atoms with Crippen molar-refractivity contribution in [3.05, 3.63) is 86.4 Å². The highest BCUT2D eigenvalue weighted by Gasteiger charge is 2.32. The van der Waals surface area contributed by atoms with Crippen LogP contribution in [0.4, 0.5) is 23.2 Å². The number of hydrogen-bond acceptors (Lipinski definition) is 5. The van der Waals surface area contributed by atoms with E-state index in [-0.39, 0.29) is 33.0 Å². The van der Waals surface area contributed by atoms with E-state index in [1.165, 1.54) is 12.1 Å². The Morgan fingerprint density at radius 2 is 1.73 bits per heavy atom. The Morgan fingerprint density at radius 3 is 2.38 bits per heavy atom. The number of fused-ring (bicyclic) bond motifs is 1. The number of nitrogens with one attached hydrogen (secondary N) is 1. The van der Waals surface area contributed by atoms with Crippen LogP contribution in [0.3, 0.4) is 0 Å². The molecular weight excluding hydrogens is 518 g/mol. The van der Waals surface area contributed by atoms with Gasteiger partial charge in [0.1, 0.15) is 11.5 Å². The van der Waals surface area contributed by atoms with Crippen LogP contribution in [0.5, 0.6) is 11.5 Å². The molecule has 1 heterocycles. The fourth-order valence-corrected chi connectivity index (χ4v) is 3.77. The lowest BCUT2D eigenvalue weighted by Gasteiger charge is -2.15. The second kappa shape index (κ2) is 9.74. The highest BCUT2D eigenvalue weighted by molar-refractivity contribution is 6.30. The first-order valence-electron chi connectivity index (χ1n) is 10.6. The quantitative estimate of drug-likeness (QED) is 0.319. The number of rotatable bonds is 5. The minimum absolute atomic E-state index is 0.00183. The summed E-state index contributed by atoms with van der Waals surface area (Å²) in [6, 6.07) is 10.3. The van der Waals surface area contributed by atoms with Crippen LogP contribution >= 0.6 is 11.6 Å². The molecule has 0 spiro atoms. The summed E-state index contributed by atoms with van der Waals surface area (Å²) in [5.41, 5.74) is 0.493. The van der Waals surface area contributed by atoms with E-state index in [0.29, 0.717) is 0 Å². The predicted octanol–water partition coefficient (Wildman–Crippen LogP) is 5.95. The number of aromatic nitrogens is 2. The zero-order chi connectivity index (χ0) is 27.1. The third-order valence-corrected chi connectivity index (χ3v) is 5.74. The number of anilines is 1. The molecule has 37 heavy (non-hydrogen) atoms. The summed E-state index contributed by atoms with van der Waals surface area (Å²) in [6.45, 7) is 3.58. The van der Waals surface area contributed by atoms with Gasteiger partial charge < -0.3 is 14.8 Å². The molecule has 0 bridgehead atoms. The standard InChI is InChI=1S/C25H18ClF4N3O4/c1-12-8-16-19(9-13(12)2)33(18-6-4-14(26)10-17(18)27)32-22(23(16)34)24(35)31-15-5-7-20(21(11-15)36-3)37-25(28,29)30/h4-11H,1-3H3,(H,31,35). The van der Waals surface area contributed by atoms with Gasteiger partial charge in [0.05, 0.1) is 18.0 Å². The van der Waals surface area contributed by atoms with Crippen molar-refractivity contribution in [1.82, 2.24) is 9.78 Å². The smallest absolute Gasteiger partial charge is 0.493 e. The molecule has 4 rings (SSSR count). The molecule has 0 aliphatic rings. The third kappa shape index (κ3) is 5.36. The van der Waals surface area contributed by atoms with E-state index in [0.717, 1.165) is 47.2 Å². The third-order valence-electron chi connectivity index (χ3n) is 5.50. The minimum Gasteiger partial charge on any atom is -0.493 e. The van der Waals surface area contributed by atoms with Gasteiger partial charge in [0.15, 0.2) is 17.2 Å². The molecular formula is C25H18ClF4N3O4. The molecule has 1 amide bonds. The van der Waals surface area contributed by atoms with Gasteiger partial charge in [-0.2, -0.15) is 5.10 Å². The Kier molecular flexibility index (Phi) is 6.83. The summed E-state index contributed by atoms with van der Waals surface area (Å²) in [5, 5.41) is 6.81. The Balaban J connectivity index is 1.83. The largest absolute Gasteiger partial charge is 0.573 e. The van der Waals surface area contributed by atoms with Crippen molar-refractivity contribution in [2.75, 3.05) is 12.4 Å². The van der Waals surface area contributed by atoms with Crippen LogP contribution in [0.2, 0.25) is 5.02 Å². The number of carbonyl (C=O) groups is 1. The van der Waals surface area contributed by atoms with Crippen LogP contribution in [0.25, 0.3) is 16.6 Å². The molecule has 7 nitrogen and oxygen atoms in total. The van der Waals surface area contributed by atoms with Crippen LogP contribution in [-0.4, -0.2) is 29.2 Å². The van der Waals surface area contributed by atoms with E-state index in [4.69, 9.17) is 16.3 Å². The van der Waals surface area contributed by atoms with Gasteiger partial charge in [-0.15, -0.1) is 13.2 Å². The number of aryl methyl sites for hydroxylation is 2. The van der Waals surface area contributed by atoms with Gasteiger partial charge in [0.2, 0.25) is 5.43 Å². The number of carbonyl (C=O) groups excluding carboxylic acids is 1. The molecule has 12 heteroatoms. The van der Waals surface area contributed by atoms with Gasteiger partial charge in [0.25, 0.3) is 5.91 Å². The summed E-state index contributed by atoms with van der Waals surface area (Å²) in [7, 11) is 1.12. The fourth-order valence-electron chi connectivity index (χ4n) is 3.61. The molecule has 0 aliphatic carbocycles. The first-order chi connectivity index (χ1) is 17.4. The summed E-state index contributed by atoms with van der Waals surface area (Å²) in [4.78, 5) is 26.4. The molecule has 4 aromatic rings. The summed E-state index contributed by atoms with van der Waals surface area (Å²) in [5.74, 6) is -2.64. The number of ether oxygens (including phenoxy) is 2.